The van der Waals surface area contributed by atoms with E-state index in [9.17, 15) is 0 Å². The van der Waals surface area contributed by atoms with Crippen LogP contribution in [0.2, 0.25) is 0 Å². The molecule has 0 bridgehead atoms. The Balaban J connectivity index is 1.04. The topological polar surface area (TPSA) is 61.1 Å². The van der Waals surface area contributed by atoms with Crippen LogP contribution in [0, 0.1) is 0 Å². The fraction of sp³-hybridized carbons (Fsp3) is 0.0392. The molecule has 5 nitrogen and oxygen atoms in total. The van der Waals surface area contributed by atoms with Crippen LogP contribution in [0.25, 0.3) is 38.4 Å². The number of nitrogens with zero attached hydrogens (tertiary/aromatic N) is 3. The zero-order chi connectivity index (χ0) is 37.3. The van der Waals surface area contributed by atoms with E-state index in [1.54, 1.807) is 0 Å². The Kier molecular flexibility index (Phi) is 8.58. The lowest BCUT2D eigenvalue weighted by Crippen LogP contribution is -2.33. The second-order valence-corrected chi connectivity index (χ2v) is 14.1. The van der Waals surface area contributed by atoms with Crippen molar-refractivity contribution in [1.29, 1.82) is 0 Å². The number of rotatable bonds is 7. The molecule has 0 spiro atoms. The van der Waals surface area contributed by atoms with Crippen molar-refractivity contribution in [3.8, 4) is 11.1 Å². The average Bonchev–Trinajstić information content (AvgIpc) is 3.29. The van der Waals surface area contributed by atoms with Gasteiger partial charge in [0.05, 0.1) is 11.7 Å². The smallest absolute Gasteiger partial charge is 0.159 e. The summed E-state index contributed by atoms with van der Waals surface area (Å²) in [7, 11) is 0. The highest BCUT2D eigenvalue weighted by atomic mass is 15.2. The van der Waals surface area contributed by atoms with Gasteiger partial charge in [0, 0.05) is 22.3 Å². The number of benzene rings is 8. The van der Waals surface area contributed by atoms with Crippen molar-refractivity contribution < 1.29 is 0 Å². The van der Waals surface area contributed by atoms with Crippen molar-refractivity contribution in [2.75, 3.05) is 0 Å². The molecule has 5 heteroatoms. The van der Waals surface area contributed by atoms with Gasteiger partial charge >= 0.3 is 0 Å². The molecule has 266 valence electrons. The van der Waals surface area contributed by atoms with E-state index < -0.39 is 0 Å². The predicted molar refractivity (Wildman–Crippen MR) is 232 cm³/mol. The molecule has 0 amide bonds. The van der Waals surface area contributed by atoms with Gasteiger partial charge in [-0.25, -0.2) is 15.0 Å². The zero-order valence-electron chi connectivity index (χ0n) is 30.5. The van der Waals surface area contributed by atoms with Crippen LogP contribution >= 0.6 is 0 Å². The molecule has 0 saturated carbocycles. The summed E-state index contributed by atoms with van der Waals surface area (Å²) in [6.45, 7) is 0. The van der Waals surface area contributed by atoms with Crippen molar-refractivity contribution in [2.24, 2.45) is 15.0 Å². The Morgan fingerprint density at radius 3 is 1.70 bits per heavy atom. The maximum Gasteiger partial charge on any atom is 0.159 e. The van der Waals surface area contributed by atoms with Crippen molar-refractivity contribution in [2.45, 2.75) is 12.2 Å². The molecule has 0 aliphatic carbocycles. The Morgan fingerprint density at radius 2 is 1.00 bits per heavy atom. The second-order valence-electron chi connectivity index (χ2n) is 14.1. The van der Waals surface area contributed by atoms with Crippen molar-refractivity contribution in [3.05, 3.63) is 234 Å². The van der Waals surface area contributed by atoms with Gasteiger partial charge in [-0.1, -0.05) is 182 Å². The molecule has 0 radical (unpaired) electrons. The average molecular weight is 720 g/mol. The Bertz CT molecular complexity index is 2840. The first kappa shape index (κ1) is 33.2. The largest absolute Gasteiger partial charge is 0.359 e. The van der Waals surface area contributed by atoms with E-state index in [2.05, 4.69) is 168 Å². The molecule has 56 heavy (non-hydrogen) atoms. The van der Waals surface area contributed by atoms with E-state index in [1.807, 2.05) is 42.5 Å². The van der Waals surface area contributed by atoms with Crippen molar-refractivity contribution >= 4 is 44.7 Å². The summed E-state index contributed by atoms with van der Waals surface area (Å²) < 4.78 is 0. The van der Waals surface area contributed by atoms with E-state index >= 15 is 0 Å². The fourth-order valence-corrected chi connectivity index (χ4v) is 7.77. The molecule has 8 aromatic carbocycles. The number of hydrogen-bond donors (Lipinski definition) is 2. The SMILES string of the molecule is C1=C(c2ccc3cc(C4N=C(c5ccccc5)N=C(c5ccccc5)N4)ccc3c2)N=C(c2ccccc2)NC1c1cccc2cccc(-c3ccccc3)c12. The summed E-state index contributed by atoms with van der Waals surface area (Å²) in [5, 5.41) is 12.1. The highest BCUT2D eigenvalue weighted by Crippen LogP contribution is 2.37. The third-order valence-electron chi connectivity index (χ3n) is 10.6. The van der Waals surface area contributed by atoms with E-state index in [0.29, 0.717) is 5.84 Å². The van der Waals surface area contributed by atoms with Gasteiger partial charge in [0.25, 0.3) is 0 Å². The minimum absolute atomic E-state index is 0.112. The van der Waals surface area contributed by atoms with Crippen LogP contribution in [0.3, 0.4) is 0 Å². The molecular weight excluding hydrogens is 683 g/mol. The first-order chi connectivity index (χ1) is 27.7. The van der Waals surface area contributed by atoms with E-state index in [1.165, 1.54) is 27.5 Å². The Hall–Kier alpha value is -7.37. The molecule has 0 fully saturated rings. The van der Waals surface area contributed by atoms with Crippen molar-refractivity contribution in [1.82, 2.24) is 10.6 Å². The molecule has 2 unspecified atom stereocenters. The van der Waals surface area contributed by atoms with Gasteiger partial charge in [-0.15, -0.1) is 0 Å². The van der Waals surface area contributed by atoms with Gasteiger partial charge < -0.3 is 10.6 Å². The second kappa shape index (κ2) is 14.5. The molecule has 0 saturated heterocycles. The Morgan fingerprint density at radius 1 is 0.411 bits per heavy atom. The van der Waals surface area contributed by atoms with Crippen LogP contribution in [-0.4, -0.2) is 17.5 Å². The molecule has 2 aliphatic rings. The predicted octanol–water partition coefficient (Wildman–Crippen LogP) is 11.3. The van der Waals surface area contributed by atoms with Crippen LogP contribution in [0.15, 0.2) is 215 Å². The molecule has 10 rings (SSSR count). The van der Waals surface area contributed by atoms with E-state index in [4.69, 9.17) is 15.0 Å². The van der Waals surface area contributed by atoms with Gasteiger partial charge in [-0.2, -0.15) is 0 Å². The summed E-state index contributed by atoms with van der Waals surface area (Å²) in [6, 6.07) is 67.8. The third-order valence-corrected chi connectivity index (χ3v) is 10.6. The van der Waals surface area contributed by atoms with Gasteiger partial charge in [0.2, 0.25) is 0 Å². The quantitative estimate of drug-likeness (QED) is 0.172. The van der Waals surface area contributed by atoms with E-state index in [0.717, 1.165) is 56.0 Å². The van der Waals surface area contributed by atoms with Gasteiger partial charge in [0.1, 0.15) is 17.8 Å². The van der Waals surface area contributed by atoms with Crippen LogP contribution in [0.5, 0.6) is 0 Å². The lowest BCUT2D eigenvalue weighted by atomic mass is 9.90. The molecule has 2 atom stereocenters. The lowest BCUT2D eigenvalue weighted by Gasteiger charge is -2.26. The van der Waals surface area contributed by atoms with Gasteiger partial charge in [-0.05, 0) is 62.0 Å². The highest BCUT2D eigenvalue weighted by molar-refractivity contribution is 6.13. The minimum Gasteiger partial charge on any atom is -0.359 e. The van der Waals surface area contributed by atoms with Crippen LogP contribution < -0.4 is 10.6 Å². The summed E-state index contributed by atoms with van der Waals surface area (Å²) in [6.07, 6.45) is 1.98. The zero-order valence-corrected chi connectivity index (χ0v) is 30.5. The normalized spacial score (nSPS) is 16.6. The fourth-order valence-electron chi connectivity index (χ4n) is 7.77. The maximum absolute atomic E-state index is 5.26. The van der Waals surface area contributed by atoms with Crippen LogP contribution in [0.4, 0.5) is 0 Å². The van der Waals surface area contributed by atoms with Gasteiger partial charge in [0.15, 0.2) is 5.84 Å². The van der Waals surface area contributed by atoms with E-state index in [-0.39, 0.29) is 12.2 Å². The number of hydrogen-bond acceptors (Lipinski definition) is 5. The summed E-state index contributed by atoms with van der Waals surface area (Å²) in [5.41, 5.74) is 9.75. The first-order valence-corrected chi connectivity index (χ1v) is 19.0. The molecule has 2 heterocycles. The third kappa shape index (κ3) is 6.46. The monoisotopic (exact) mass is 719 g/mol. The summed E-state index contributed by atoms with van der Waals surface area (Å²) in [4.78, 5) is 15.3. The lowest BCUT2D eigenvalue weighted by molar-refractivity contribution is 0.675. The standard InChI is InChI=1S/C51H37N5/c1-5-15-34(16-6-1)43-25-13-23-35-24-14-26-44(47(35)43)46-33-45(52-48(53-46)36-17-7-2-8-18-36)41-29-27-40-32-42(30-28-39(40)31-41)51-55-49(37-19-9-3-10-20-37)54-50(56-51)38-21-11-4-12-22-38/h1-33,46,51H,(H,52,53)(H,54,55,56). The number of amidine groups is 3. The first-order valence-electron chi connectivity index (χ1n) is 19.0. The summed E-state index contributed by atoms with van der Waals surface area (Å²) in [5.74, 6) is 2.37. The Labute approximate surface area is 326 Å². The highest BCUT2D eigenvalue weighted by Gasteiger charge is 2.24. The van der Waals surface area contributed by atoms with Crippen molar-refractivity contribution in [3.63, 3.8) is 0 Å². The molecule has 2 N–H and O–H groups in total. The number of fused-ring (bicyclic) bond motifs is 2. The molecular formula is C51H37N5. The molecule has 2 aliphatic heterocycles. The maximum atomic E-state index is 5.26. The number of nitrogens with one attached hydrogen (secondary N) is 2. The minimum atomic E-state index is -0.297. The molecule has 0 aromatic heterocycles. The van der Waals surface area contributed by atoms with Gasteiger partial charge in [-0.3, -0.25) is 0 Å². The number of aliphatic imine (C=N–C) groups is 3. The van der Waals surface area contributed by atoms with Crippen LogP contribution in [-0.2, 0) is 0 Å². The van der Waals surface area contributed by atoms with Crippen LogP contribution in [0.1, 0.15) is 45.6 Å². The molecule has 8 aromatic rings. The summed E-state index contributed by atoms with van der Waals surface area (Å²) >= 11 is 0.